The molecule has 0 aromatic heterocycles. The summed E-state index contributed by atoms with van der Waals surface area (Å²) in [5, 5.41) is 3.03. The van der Waals surface area contributed by atoms with Gasteiger partial charge >= 0.3 is 6.03 Å². The number of nitrogens with one attached hydrogen (secondary N) is 2. The van der Waals surface area contributed by atoms with Crippen LogP contribution < -0.4 is 15.1 Å². The Hall–Kier alpha value is -2.12. The summed E-state index contributed by atoms with van der Waals surface area (Å²) in [5.41, 5.74) is 1.78. The Labute approximate surface area is 173 Å². The van der Waals surface area contributed by atoms with Crippen LogP contribution in [0.5, 0.6) is 0 Å². The second-order valence-electron chi connectivity index (χ2n) is 8.72. The Morgan fingerprint density at radius 2 is 1.69 bits per heavy atom. The van der Waals surface area contributed by atoms with Crippen molar-refractivity contribution in [3.63, 3.8) is 0 Å². The minimum Gasteiger partial charge on any atom is -0.378 e. The maximum Gasteiger partial charge on any atom is 0.329 e. The van der Waals surface area contributed by atoms with Gasteiger partial charge in [-0.1, -0.05) is 37.8 Å². The summed E-state index contributed by atoms with van der Waals surface area (Å²) in [5.74, 6) is -0.0218. The van der Waals surface area contributed by atoms with Crippen LogP contribution in [0.1, 0.15) is 44.1 Å². The summed E-state index contributed by atoms with van der Waals surface area (Å²) >= 11 is 0. The number of morpholine rings is 1. The molecule has 1 aromatic carbocycles. The standard InChI is InChI=1S/C22H32N4O3/c1-24(16-18-6-8-19(9-7-18)25-12-14-29-15-13-25)17-26-20(27)22(23-21(26)28)10-4-2-3-5-11-22/h6-9H,2-5,10-17H2,1H3,(H,23,28)/p+1. The summed E-state index contributed by atoms with van der Waals surface area (Å²) in [6.07, 6.45) is 5.87. The van der Waals surface area contributed by atoms with E-state index < -0.39 is 5.54 Å². The molecule has 1 unspecified atom stereocenters. The molecule has 2 heterocycles. The fraction of sp³-hybridized carbons (Fsp3) is 0.636. The quantitative estimate of drug-likeness (QED) is 0.727. The van der Waals surface area contributed by atoms with Crippen LogP contribution in [-0.4, -0.2) is 62.4 Å². The van der Waals surface area contributed by atoms with Crippen molar-refractivity contribution in [1.29, 1.82) is 0 Å². The zero-order chi connectivity index (χ0) is 20.3. The predicted molar refractivity (Wildman–Crippen MR) is 111 cm³/mol. The van der Waals surface area contributed by atoms with Crippen molar-refractivity contribution in [1.82, 2.24) is 10.2 Å². The largest absolute Gasteiger partial charge is 0.378 e. The average molecular weight is 402 g/mol. The van der Waals surface area contributed by atoms with Gasteiger partial charge in [0, 0.05) is 24.3 Å². The number of imide groups is 1. The molecule has 7 nitrogen and oxygen atoms in total. The Morgan fingerprint density at radius 3 is 2.34 bits per heavy atom. The molecule has 7 heteroatoms. The Bertz CT molecular complexity index is 722. The van der Waals surface area contributed by atoms with Crippen LogP contribution in [0.2, 0.25) is 0 Å². The zero-order valence-electron chi connectivity index (χ0n) is 17.4. The second kappa shape index (κ2) is 8.71. The first kappa shape index (κ1) is 20.2. The minimum atomic E-state index is -0.645. The van der Waals surface area contributed by atoms with Gasteiger partial charge in [0.1, 0.15) is 12.1 Å². The highest BCUT2D eigenvalue weighted by Gasteiger charge is 2.51. The molecule has 0 bridgehead atoms. The number of ether oxygens (including phenoxy) is 1. The van der Waals surface area contributed by atoms with E-state index in [0.717, 1.165) is 76.3 Å². The summed E-state index contributed by atoms with van der Waals surface area (Å²) in [6.45, 7) is 4.59. The van der Waals surface area contributed by atoms with Crippen LogP contribution in [-0.2, 0) is 16.1 Å². The van der Waals surface area contributed by atoms with Gasteiger partial charge in [-0.05, 0) is 25.0 Å². The van der Waals surface area contributed by atoms with Crippen LogP contribution in [0.25, 0.3) is 0 Å². The number of rotatable bonds is 5. The van der Waals surface area contributed by atoms with Crippen LogP contribution in [0.15, 0.2) is 24.3 Å². The molecule has 3 amide bonds. The van der Waals surface area contributed by atoms with Crippen molar-refractivity contribution in [2.24, 2.45) is 0 Å². The summed E-state index contributed by atoms with van der Waals surface area (Å²) < 4.78 is 5.42. The van der Waals surface area contributed by atoms with E-state index in [1.807, 2.05) is 7.05 Å². The molecule has 2 saturated heterocycles. The molecule has 1 saturated carbocycles. The predicted octanol–water partition coefficient (Wildman–Crippen LogP) is 1.14. The van der Waals surface area contributed by atoms with Gasteiger partial charge in [0.15, 0.2) is 6.67 Å². The number of hydrogen-bond donors (Lipinski definition) is 2. The van der Waals surface area contributed by atoms with Crippen molar-refractivity contribution < 1.29 is 19.2 Å². The second-order valence-corrected chi connectivity index (χ2v) is 8.72. The molecule has 1 spiro atoms. The monoisotopic (exact) mass is 401 g/mol. The third-order valence-electron chi connectivity index (χ3n) is 6.45. The first-order valence-corrected chi connectivity index (χ1v) is 10.9. The molecule has 0 radical (unpaired) electrons. The van der Waals surface area contributed by atoms with Crippen LogP contribution >= 0.6 is 0 Å². The van der Waals surface area contributed by atoms with E-state index in [4.69, 9.17) is 4.74 Å². The van der Waals surface area contributed by atoms with Crippen molar-refractivity contribution >= 4 is 17.6 Å². The van der Waals surface area contributed by atoms with E-state index in [1.54, 1.807) is 0 Å². The van der Waals surface area contributed by atoms with Gasteiger partial charge in [-0.25, -0.2) is 9.69 Å². The first-order chi connectivity index (χ1) is 14.1. The van der Waals surface area contributed by atoms with Gasteiger partial charge in [-0.15, -0.1) is 0 Å². The van der Waals surface area contributed by atoms with Gasteiger partial charge in [0.25, 0.3) is 5.91 Å². The van der Waals surface area contributed by atoms with Crippen molar-refractivity contribution in [3.05, 3.63) is 29.8 Å². The SMILES string of the molecule is C[NH+](Cc1ccc(N2CCOCC2)cc1)CN1C(=O)NC2(CCCCCC2)C1=O. The van der Waals surface area contributed by atoms with Crippen LogP contribution in [0.3, 0.4) is 0 Å². The van der Waals surface area contributed by atoms with E-state index >= 15 is 0 Å². The molecule has 1 aromatic rings. The van der Waals surface area contributed by atoms with Crippen molar-refractivity contribution in [2.45, 2.75) is 50.6 Å². The van der Waals surface area contributed by atoms with Crippen LogP contribution in [0, 0.1) is 0 Å². The topological polar surface area (TPSA) is 66.3 Å². The molecule has 29 heavy (non-hydrogen) atoms. The van der Waals surface area contributed by atoms with Gasteiger partial charge in [0.05, 0.1) is 20.3 Å². The zero-order valence-corrected chi connectivity index (χ0v) is 17.4. The first-order valence-electron chi connectivity index (χ1n) is 10.9. The highest BCUT2D eigenvalue weighted by molar-refractivity contribution is 6.06. The number of quaternary nitrogens is 1. The smallest absolute Gasteiger partial charge is 0.329 e. The number of urea groups is 1. The molecule has 4 rings (SSSR count). The Kier molecular flexibility index (Phi) is 6.06. The summed E-state index contributed by atoms with van der Waals surface area (Å²) in [6, 6.07) is 8.38. The molecule has 2 aliphatic heterocycles. The number of hydrogen-bond acceptors (Lipinski definition) is 4. The van der Waals surface area contributed by atoms with E-state index in [-0.39, 0.29) is 11.9 Å². The number of carbonyl (C=O) groups is 2. The maximum absolute atomic E-state index is 13.1. The van der Waals surface area contributed by atoms with E-state index in [2.05, 4.69) is 34.5 Å². The minimum absolute atomic E-state index is 0.0218. The van der Waals surface area contributed by atoms with Gasteiger partial charge in [0.2, 0.25) is 0 Å². The number of amides is 3. The maximum atomic E-state index is 13.1. The van der Waals surface area contributed by atoms with E-state index in [9.17, 15) is 9.59 Å². The fourth-order valence-corrected chi connectivity index (χ4v) is 4.81. The third kappa shape index (κ3) is 4.41. The van der Waals surface area contributed by atoms with E-state index in [1.165, 1.54) is 16.2 Å². The van der Waals surface area contributed by atoms with Gasteiger partial charge in [-0.3, -0.25) is 4.79 Å². The van der Waals surface area contributed by atoms with Gasteiger partial charge in [-0.2, -0.15) is 0 Å². The molecule has 158 valence electrons. The third-order valence-corrected chi connectivity index (χ3v) is 6.45. The Balaban J connectivity index is 1.35. The van der Waals surface area contributed by atoms with Crippen molar-refractivity contribution in [3.8, 4) is 0 Å². The molecule has 1 aliphatic carbocycles. The lowest BCUT2D eigenvalue weighted by molar-refractivity contribution is -0.901. The molecular formula is C22H33N4O3+. The lowest BCUT2D eigenvalue weighted by Gasteiger charge is -2.29. The highest BCUT2D eigenvalue weighted by Crippen LogP contribution is 2.32. The fourth-order valence-electron chi connectivity index (χ4n) is 4.81. The normalized spacial score (nSPS) is 23.2. The molecular weight excluding hydrogens is 368 g/mol. The summed E-state index contributed by atoms with van der Waals surface area (Å²) in [7, 11) is 2.04. The van der Waals surface area contributed by atoms with Gasteiger partial charge < -0.3 is 19.9 Å². The number of anilines is 1. The number of nitrogens with zero attached hydrogens (tertiary/aromatic N) is 2. The van der Waals surface area contributed by atoms with Crippen LogP contribution in [0.4, 0.5) is 10.5 Å². The summed E-state index contributed by atoms with van der Waals surface area (Å²) in [4.78, 5) is 30.5. The number of benzene rings is 1. The number of carbonyl (C=O) groups excluding carboxylic acids is 2. The lowest BCUT2D eigenvalue weighted by Crippen LogP contribution is -3.09. The molecule has 1 atom stereocenters. The lowest BCUT2D eigenvalue weighted by atomic mass is 9.90. The average Bonchev–Trinajstić information content (AvgIpc) is 2.89. The molecule has 2 N–H and O–H groups in total. The molecule has 3 aliphatic rings. The van der Waals surface area contributed by atoms with Crippen molar-refractivity contribution in [2.75, 3.05) is 44.9 Å². The molecule has 3 fully saturated rings. The highest BCUT2D eigenvalue weighted by atomic mass is 16.5. The Morgan fingerprint density at radius 1 is 1.03 bits per heavy atom. The van der Waals surface area contributed by atoms with E-state index in [0.29, 0.717) is 6.67 Å².